The Morgan fingerprint density at radius 1 is 1.13 bits per heavy atom. The number of benzene rings is 1. The van der Waals surface area contributed by atoms with Gasteiger partial charge in [0, 0.05) is 12.1 Å². The third-order valence-electron chi connectivity index (χ3n) is 6.04. The van der Waals surface area contributed by atoms with Gasteiger partial charge < -0.3 is 19.7 Å². The number of alkyl halides is 1. The number of hydrogen-bond donors (Lipinski definition) is 1. The zero-order chi connectivity index (χ0) is 22.2. The fraction of sp³-hybridized carbons (Fsp3) is 0.667. The molecule has 0 aliphatic heterocycles. The Balaban J connectivity index is 1.91. The molecule has 1 aromatic rings. The maximum atomic E-state index is 13.6. The Kier molecular flexibility index (Phi) is 8.88. The van der Waals surface area contributed by atoms with E-state index in [2.05, 4.69) is 5.32 Å². The minimum atomic E-state index is -0.726. The lowest BCUT2D eigenvalue weighted by Gasteiger charge is -2.32. The molecule has 2 fully saturated rings. The van der Waals surface area contributed by atoms with Crippen LogP contribution >= 0.6 is 11.6 Å². The monoisotopic (exact) mass is 450 g/mol. The molecule has 172 valence electrons. The van der Waals surface area contributed by atoms with Gasteiger partial charge in [-0.1, -0.05) is 38.7 Å². The average Bonchev–Trinajstić information content (AvgIpc) is 3.63. The summed E-state index contributed by atoms with van der Waals surface area (Å²) in [6.45, 7) is 2.63. The number of hydrogen-bond acceptors (Lipinski definition) is 4. The number of carbonyl (C=O) groups excluding carboxylic acids is 2. The van der Waals surface area contributed by atoms with Crippen molar-refractivity contribution >= 4 is 23.4 Å². The predicted octanol–water partition coefficient (Wildman–Crippen LogP) is 4.59. The first-order chi connectivity index (χ1) is 15.1. The van der Waals surface area contributed by atoms with Crippen LogP contribution in [-0.2, 0) is 9.59 Å². The molecule has 0 radical (unpaired) electrons. The van der Waals surface area contributed by atoms with Crippen LogP contribution < -0.4 is 14.8 Å². The van der Waals surface area contributed by atoms with Gasteiger partial charge >= 0.3 is 0 Å². The third kappa shape index (κ3) is 6.28. The normalized spacial score (nSPS) is 18.0. The molecule has 1 N–H and O–H groups in total. The largest absolute Gasteiger partial charge is 0.493 e. The SMILES string of the molecule is CCCOc1ccc(C(C(=O)NC2CCCCCC2)N(C(=O)CCl)C2CC2)cc1OC. The molecule has 1 aromatic carbocycles. The first-order valence-electron chi connectivity index (χ1n) is 11.6. The maximum Gasteiger partial charge on any atom is 0.247 e. The minimum Gasteiger partial charge on any atom is -0.493 e. The highest BCUT2D eigenvalue weighted by Crippen LogP contribution is 2.38. The molecule has 0 bridgehead atoms. The quantitative estimate of drug-likeness (QED) is 0.418. The van der Waals surface area contributed by atoms with Crippen LogP contribution in [0, 0.1) is 0 Å². The highest BCUT2D eigenvalue weighted by molar-refractivity contribution is 6.27. The molecule has 1 unspecified atom stereocenters. The van der Waals surface area contributed by atoms with Crippen molar-refractivity contribution in [2.45, 2.75) is 82.8 Å². The summed E-state index contributed by atoms with van der Waals surface area (Å²) in [5, 5.41) is 3.24. The molecule has 0 saturated heterocycles. The van der Waals surface area contributed by atoms with Crippen molar-refractivity contribution in [3.63, 3.8) is 0 Å². The van der Waals surface area contributed by atoms with E-state index in [0.717, 1.165) is 50.5 Å². The summed E-state index contributed by atoms with van der Waals surface area (Å²) in [6, 6.07) is 4.99. The highest BCUT2D eigenvalue weighted by Gasteiger charge is 2.41. The number of nitrogens with one attached hydrogen (secondary N) is 1. The number of methoxy groups -OCH3 is 1. The third-order valence-corrected chi connectivity index (χ3v) is 6.26. The molecule has 3 rings (SSSR count). The Hall–Kier alpha value is -1.95. The van der Waals surface area contributed by atoms with E-state index in [1.54, 1.807) is 12.0 Å². The number of rotatable bonds is 10. The molecule has 31 heavy (non-hydrogen) atoms. The first kappa shape index (κ1) is 23.7. The van der Waals surface area contributed by atoms with E-state index >= 15 is 0 Å². The molecule has 2 amide bonds. The van der Waals surface area contributed by atoms with E-state index in [-0.39, 0.29) is 29.8 Å². The Morgan fingerprint density at radius 3 is 2.42 bits per heavy atom. The van der Waals surface area contributed by atoms with Gasteiger partial charge in [-0.3, -0.25) is 9.59 Å². The number of ether oxygens (including phenoxy) is 2. The molecule has 1 atom stereocenters. The van der Waals surface area contributed by atoms with Gasteiger partial charge in [-0.15, -0.1) is 11.6 Å². The van der Waals surface area contributed by atoms with Crippen molar-refractivity contribution in [1.82, 2.24) is 10.2 Å². The average molecular weight is 451 g/mol. The number of nitrogens with zero attached hydrogens (tertiary/aromatic N) is 1. The highest BCUT2D eigenvalue weighted by atomic mass is 35.5. The molecule has 0 heterocycles. The summed E-state index contributed by atoms with van der Waals surface area (Å²) < 4.78 is 11.3. The molecule has 2 saturated carbocycles. The Morgan fingerprint density at radius 2 is 1.84 bits per heavy atom. The van der Waals surface area contributed by atoms with Crippen LogP contribution in [0.4, 0.5) is 0 Å². The standard InChI is InChI=1S/C24H35ClN2O4/c1-3-14-31-20-13-10-17(15-21(20)30-2)23(27(19-11-12-19)22(28)16-25)24(29)26-18-8-6-4-5-7-9-18/h10,13,15,18-19,23H,3-9,11-12,14,16H2,1-2H3,(H,26,29). The second-order valence-corrected chi connectivity index (χ2v) is 8.79. The lowest BCUT2D eigenvalue weighted by atomic mass is 10.0. The summed E-state index contributed by atoms with van der Waals surface area (Å²) >= 11 is 5.94. The Bertz CT molecular complexity index is 745. The summed E-state index contributed by atoms with van der Waals surface area (Å²) in [5.74, 6) is 0.709. The van der Waals surface area contributed by atoms with Gasteiger partial charge in [0.15, 0.2) is 11.5 Å². The van der Waals surface area contributed by atoms with E-state index in [1.165, 1.54) is 12.8 Å². The minimum absolute atomic E-state index is 0.0538. The van der Waals surface area contributed by atoms with Gasteiger partial charge in [0.25, 0.3) is 0 Å². The molecule has 6 nitrogen and oxygen atoms in total. The molecule has 0 aromatic heterocycles. The van der Waals surface area contributed by atoms with Crippen molar-refractivity contribution in [1.29, 1.82) is 0 Å². The molecule has 2 aliphatic carbocycles. The second-order valence-electron chi connectivity index (χ2n) is 8.52. The molecule has 2 aliphatic rings. The maximum absolute atomic E-state index is 13.6. The zero-order valence-electron chi connectivity index (χ0n) is 18.7. The number of halogens is 1. The van der Waals surface area contributed by atoms with Crippen LogP contribution in [-0.4, -0.2) is 48.4 Å². The van der Waals surface area contributed by atoms with Gasteiger partial charge in [0.1, 0.15) is 11.9 Å². The molecular formula is C24H35ClN2O4. The zero-order valence-corrected chi connectivity index (χ0v) is 19.5. The fourth-order valence-electron chi connectivity index (χ4n) is 4.31. The lowest BCUT2D eigenvalue weighted by Crippen LogP contribution is -2.47. The van der Waals surface area contributed by atoms with Crippen LogP contribution in [0.5, 0.6) is 11.5 Å². The predicted molar refractivity (Wildman–Crippen MR) is 122 cm³/mol. The van der Waals surface area contributed by atoms with E-state index in [9.17, 15) is 9.59 Å². The smallest absolute Gasteiger partial charge is 0.247 e. The second kappa shape index (κ2) is 11.6. The van der Waals surface area contributed by atoms with Gasteiger partial charge in [0.2, 0.25) is 11.8 Å². The summed E-state index contributed by atoms with van der Waals surface area (Å²) in [4.78, 5) is 28.0. The summed E-state index contributed by atoms with van der Waals surface area (Å²) in [6.07, 6.45) is 9.32. The van der Waals surface area contributed by atoms with Crippen LogP contribution in [0.15, 0.2) is 18.2 Å². The van der Waals surface area contributed by atoms with Crippen molar-refractivity contribution in [2.75, 3.05) is 19.6 Å². The number of amides is 2. The summed E-state index contributed by atoms with van der Waals surface area (Å²) in [7, 11) is 1.58. The first-order valence-corrected chi connectivity index (χ1v) is 12.1. The van der Waals surface area contributed by atoms with Gasteiger partial charge in [0.05, 0.1) is 13.7 Å². The van der Waals surface area contributed by atoms with E-state index in [1.807, 2.05) is 25.1 Å². The van der Waals surface area contributed by atoms with E-state index < -0.39 is 6.04 Å². The van der Waals surface area contributed by atoms with Crippen molar-refractivity contribution in [2.24, 2.45) is 0 Å². The van der Waals surface area contributed by atoms with Crippen molar-refractivity contribution in [3.8, 4) is 11.5 Å². The van der Waals surface area contributed by atoms with Crippen LogP contribution in [0.1, 0.15) is 76.3 Å². The van der Waals surface area contributed by atoms with Gasteiger partial charge in [-0.25, -0.2) is 0 Å². The summed E-state index contributed by atoms with van der Waals surface area (Å²) in [5.41, 5.74) is 0.720. The van der Waals surface area contributed by atoms with Crippen molar-refractivity contribution in [3.05, 3.63) is 23.8 Å². The van der Waals surface area contributed by atoms with Crippen LogP contribution in [0.3, 0.4) is 0 Å². The lowest BCUT2D eigenvalue weighted by molar-refractivity contribution is -0.140. The topological polar surface area (TPSA) is 67.9 Å². The Labute approximate surface area is 190 Å². The van der Waals surface area contributed by atoms with Gasteiger partial charge in [-0.2, -0.15) is 0 Å². The fourth-order valence-corrected chi connectivity index (χ4v) is 4.45. The van der Waals surface area contributed by atoms with E-state index in [0.29, 0.717) is 18.1 Å². The van der Waals surface area contributed by atoms with Crippen molar-refractivity contribution < 1.29 is 19.1 Å². The van der Waals surface area contributed by atoms with E-state index in [4.69, 9.17) is 21.1 Å². The molecule has 0 spiro atoms. The van der Waals surface area contributed by atoms with Crippen LogP contribution in [0.2, 0.25) is 0 Å². The number of carbonyl (C=O) groups is 2. The molecule has 7 heteroatoms. The van der Waals surface area contributed by atoms with Gasteiger partial charge in [-0.05, 0) is 49.8 Å². The van der Waals surface area contributed by atoms with Crippen LogP contribution in [0.25, 0.3) is 0 Å². The molecular weight excluding hydrogens is 416 g/mol.